The number of nitrogens with zero attached hydrogens (tertiary/aromatic N) is 4. The number of aromatic nitrogens is 3. The third-order valence-electron chi connectivity index (χ3n) is 4.71. The fraction of sp³-hybridized carbons (Fsp3) is 0.368. The number of benzene rings is 1. The van der Waals surface area contributed by atoms with Crippen LogP contribution in [0.15, 0.2) is 53.3 Å². The molecule has 2 atom stereocenters. The van der Waals surface area contributed by atoms with Crippen molar-refractivity contribution in [2.75, 3.05) is 13.1 Å². The highest BCUT2D eigenvalue weighted by molar-refractivity contribution is 5.35. The zero-order chi connectivity index (χ0) is 17.2. The molecule has 1 N–H and O–H groups in total. The van der Waals surface area contributed by atoms with Crippen molar-refractivity contribution in [3.05, 3.63) is 65.8 Å². The van der Waals surface area contributed by atoms with Gasteiger partial charge in [0.05, 0.1) is 17.5 Å². The van der Waals surface area contributed by atoms with E-state index >= 15 is 0 Å². The lowest BCUT2D eigenvalue weighted by atomic mass is 10.0. The van der Waals surface area contributed by atoms with Crippen molar-refractivity contribution in [2.45, 2.75) is 26.0 Å². The molecule has 4 rings (SSSR count). The van der Waals surface area contributed by atoms with E-state index in [-0.39, 0.29) is 12.0 Å². The molecule has 6 nitrogen and oxygen atoms in total. The standard InChI is InChI=1S/C19H22N4O2/c1-14-8-18(25-21-14)10-16-12-22(13-19(16)24)11-15-4-2-5-17(9-15)23-7-3-6-20-23/h2-9,16,19,24H,10-13H2,1H3/t16-,19+/m1/s1. The summed E-state index contributed by atoms with van der Waals surface area (Å²) in [5.74, 6) is 1.03. The van der Waals surface area contributed by atoms with E-state index in [4.69, 9.17) is 4.52 Å². The van der Waals surface area contributed by atoms with Crippen molar-refractivity contribution >= 4 is 0 Å². The number of likely N-dealkylation sites (tertiary alicyclic amines) is 1. The Labute approximate surface area is 146 Å². The van der Waals surface area contributed by atoms with Crippen LogP contribution >= 0.6 is 0 Å². The van der Waals surface area contributed by atoms with E-state index in [0.717, 1.165) is 36.7 Å². The third kappa shape index (κ3) is 3.65. The second kappa shape index (κ2) is 6.82. The van der Waals surface area contributed by atoms with Gasteiger partial charge in [0.2, 0.25) is 0 Å². The van der Waals surface area contributed by atoms with Gasteiger partial charge in [0.1, 0.15) is 5.76 Å². The Morgan fingerprint density at radius 2 is 2.16 bits per heavy atom. The highest BCUT2D eigenvalue weighted by atomic mass is 16.5. The van der Waals surface area contributed by atoms with Crippen molar-refractivity contribution in [3.8, 4) is 5.69 Å². The lowest BCUT2D eigenvalue weighted by Gasteiger charge is -2.16. The summed E-state index contributed by atoms with van der Waals surface area (Å²) >= 11 is 0. The highest BCUT2D eigenvalue weighted by Gasteiger charge is 2.32. The summed E-state index contributed by atoms with van der Waals surface area (Å²) in [7, 11) is 0. The van der Waals surface area contributed by atoms with E-state index in [1.165, 1.54) is 5.56 Å². The molecular formula is C19H22N4O2. The fourth-order valence-electron chi connectivity index (χ4n) is 3.52. The molecule has 130 valence electrons. The molecule has 25 heavy (non-hydrogen) atoms. The summed E-state index contributed by atoms with van der Waals surface area (Å²) in [6.45, 7) is 4.27. The average Bonchev–Trinajstić information content (AvgIpc) is 3.32. The molecule has 1 aliphatic rings. The lowest BCUT2D eigenvalue weighted by molar-refractivity contribution is 0.137. The van der Waals surface area contributed by atoms with Crippen LogP contribution in [0.4, 0.5) is 0 Å². The van der Waals surface area contributed by atoms with Crippen LogP contribution in [0.25, 0.3) is 5.69 Å². The normalized spacial score (nSPS) is 21.0. The first kappa shape index (κ1) is 16.1. The monoisotopic (exact) mass is 338 g/mol. The van der Waals surface area contributed by atoms with Gasteiger partial charge in [-0.2, -0.15) is 5.10 Å². The van der Waals surface area contributed by atoms with Crippen molar-refractivity contribution in [1.29, 1.82) is 0 Å². The van der Waals surface area contributed by atoms with E-state index in [1.807, 2.05) is 42.1 Å². The fourth-order valence-corrected chi connectivity index (χ4v) is 3.52. The van der Waals surface area contributed by atoms with E-state index < -0.39 is 0 Å². The van der Waals surface area contributed by atoms with Crippen LogP contribution in [-0.2, 0) is 13.0 Å². The van der Waals surface area contributed by atoms with Gasteiger partial charge in [0.25, 0.3) is 0 Å². The number of aliphatic hydroxyl groups excluding tert-OH is 1. The molecule has 0 spiro atoms. The zero-order valence-corrected chi connectivity index (χ0v) is 14.2. The van der Waals surface area contributed by atoms with Crippen LogP contribution in [-0.4, -0.2) is 44.1 Å². The van der Waals surface area contributed by atoms with Gasteiger partial charge in [-0.3, -0.25) is 4.90 Å². The lowest BCUT2D eigenvalue weighted by Crippen LogP contribution is -2.21. The molecule has 0 saturated carbocycles. The quantitative estimate of drug-likeness (QED) is 0.772. The summed E-state index contributed by atoms with van der Waals surface area (Å²) in [5, 5.41) is 18.6. The van der Waals surface area contributed by atoms with Gasteiger partial charge in [0.15, 0.2) is 0 Å². The van der Waals surface area contributed by atoms with Crippen LogP contribution in [0, 0.1) is 12.8 Å². The SMILES string of the molecule is Cc1cc(C[C@@H]2CN(Cc3cccc(-n4cccn4)c3)C[C@@H]2O)on1. The first-order valence-electron chi connectivity index (χ1n) is 8.59. The van der Waals surface area contributed by atoms with Gasteiger partial charge >= 0.3 is 0 Å². The molecule has 0 aliphatic carbocycles. The number of aryl methyl sites for hydroxylation is 1. The minimum atomic E-state index is -0.334. The Morgan fingerprint density at radius 3 is 2.92 bits per heavy atom. The second-order valence-corrected chi connectivity index (χ2v) is 6.78. The topological polar surface area (TPSA) is 67.3 Å². The van der Waals surface area contributed by atoms with Crippen molar-refractivity contribution in [3.63, 3.8) is 0 Å². The van der Waals surface area contributed by atoms with Crippen molar-refractivity contribution in [1.82, 2.24) is 19.8 Å². The van der Waals surface area contributed by atoms with Crippen LogP contribution < -0.4 is 0 Å². The molecule has 2 aromatic heterocycles. The summed E-state index contributed by atoms with van der Waals surface area (Å²) < 4.78 is 7.15. The molecule has 1 fully saturated rings. The number of aliphatic hydroxyl groups is 1. The minimum Gasteiger partial charge on any atom is -0.391 e. The van der Waals surface area contributed by atoms with E-state index in [0.29, 0.717) is 6.54 Å². The Morgan fingerprint density at radius 1 is 1.24 bits per heavy atom. The molecule has 0 bridgehead atoms. The Balaban J connectivity index is 1.41. The molecule has 0 amide bonds. The van der Waals surface area contributed by atoms with E-state index in [2.05, 4.69) is 27.3 Å². The smallest absolute Gasteiger partial charge is 0.137 e. The van der Waals surface area contributed by atoms with Gasteiger partial charge in [-0.05, 0) is 30.7 Å². The number of hydrogen-bond acceptors (Lipinski definition) is 5. The van der Waals surface area contributed by atoms with Crippen molar-refractivity contribution < 1.29 is 9.63 Å². The molecule has 0 unspecified atom stereocenters. The van der Waals surface area contributed by atoms with Gasteiger partial charge in [-0.1, -0.05) is 17.3 Å². The number of hydrogen-bond donors (Lipinski definition) is 1. The number of β-amino-alcohol motifs (C(OH)–C–C–N with tert-alkyl or cyclic N) is 1. The molecule has 0 radical (unpaired) electrons. The van der Waals surface area contributed by atoms with Gasteiger partial charge in [-0.15, -0.1) is 0 Å². The molecule has 1 aromatic carbocycles. The Bertz CT molecular complexity index is 828. The van der Waals surface area contributed by atoms with Gasteiger partial charge in [-0.25, -0.2) is 4.68 Å². The highest BCUT2D eigenvalue weighted by Crippen LogP contribution is 2.24. The summed E-state index contributed by atoms with van der Waals surface area (Å²) in [5.41, 5.74) is 3.15. The maximum Gasteiger partial charge on any atom is 0.137 e. The maximum absolute atomic E-state index is 10.4. The molecule has 3 heterocycles. The predicted octanol–water partition coefficient (Wildman–Crippen LogP) is 2.20. The summed E-state index contributed by atoms with van der Waals surface area (Å²) in [4.78, 5) is 2.29. The summed E-state index contributed by atoms with van der Waals surface area (Å²) in [6, 6.07) is 12.2. The molecule has 1 saturated heterocycles. The predicted molar refractivity (Wildman–Crippen MR) is 93.3 cm³/mol. The summed E-state index contributed by atoms with van der Waals surface area (Å²) in [6.07, 6.45) is 4.11. The van der Waals surface area contributed by atoms with Crippen LogP contribution in [0.2, 0.25) is 0 Å². The Hall–Kier alpha value is -2.44. The second-order valence-electron chi connectivity index (χ2n) is 6.78. The first-order valence-corrected chi connectivity index (χ1v) is 8.59. The van der Waals surface area contributed by atoms with Gasteiger partial charge < -0.3 is 9.63 Å². The minimum absolute atomic E-state index is 0.182. The van der Waals surface area contributed by atoms with Gasteiger partial charge in [0, 0.05) is 50.4 Å². The molecule has 1 aliphatic heterocycles. The largest absolute Gasteiger partial charge is 0.391 e. The van der Waals surface area contributed by atoms with E-state index in [9.17, 15) is 5.11 Å². The molecule has 3 aromatic rings. The third-order valence-corrected chi connectivity index (χ3v) is 4.71. The number of rotatable bonds is 5. The maximum atomic E-state index is 10.4. The van der Waals surface area contributed by atoms with Crippen molar-refractivity contribution in [2.24, 2.45) is 5.92 Å². The van der Waals surface area contributed by atoms with Crippen LogP contribution in [0.3, 0.4) is 0 Å². The first-order chi connectivity index (χ1) is 12.2. The van der Waals surface area contributed by atoms with E-state index in [1.54, 1.807) is 6.20 Å². The average molecular weight is 338 g/mol. The van der Waals surface area contributed by atoms with Crippen LogP contribution in [0.1, 0.15) is 17.0 Å². The molecule has 6 heteroatoms. The molecular weight excluding hydrogens is 316 g/mol. The Kier molecular flexibility index (Phi) is 4.38. The van der Waals surface area contributed by atoms with Crippen LogP contribution in [0.5, 0.6) is 0 Å². The zero-order valence-electron chi connectivity index (χ0n) is 14.2.